The Morgan fingerprint density at radius 3 is 2.27 bits per heavy atom. The number of aliphatic carboxylic acids is 1. The number of methoxy groups -OCH3 is 1. The molecule has 0 aliphatic heterocycles. The number of carboxylic acids is 1. The molecular weight excluding hydrogens is 470 g/mol. The van der Waals surface area contributed by atoms with Gasteiger partial charge in [-0.2, -0.15) is 5.10 Å². The van der Waals surface area contributed by atoms with Gasteiger partial charge in [-0.15, -0.1) is 0 Å². The van der Waals surface area contributed by atoms with Gasteiger partial charge in [0.25, 0.3) is 5.91 Å². The molecule has 3 aromatic rings. The Kier molecular flexibility index (Phi) is 8.43. The van der Waals surface area contributed by atoms with Crippen LogP contribution in [0.5, 0.6) is 5.75 Å². The average Bonchev–Trinajstić information content (AvgIpc) is 3.26. The quantitative estimate of drug-likeness (QED) is 0.402. The van der Waals surface area contributed by atoms with E-state index in [-0.39, 0.29) is 11.3 Å². The third-order valence-corrected chi connectivity index (χ3v) is 6.14. The SMILES string of the molecule is COCCn1nc(C(=O)NCc2ccc(OC(C)(C)C(=O)O)c(C)c2)cc1-c1ccc(C(C)(C)C)cc1. The first-order chi connectivity index (χ1) is 17.3. The molecule has 0 radical (unpaired) electrons. The van der Waals surface area contributed by atoms with Gasteiger partial charge in [-0.3, -0.25) is 9.48 Å². The van der Waals surface area contributed by atoms with Crippen LogP contribution in [0.25, 0.3) is 11.3 Å². The first-order valence-electron chi connectivity index (χ1n) is 12.3. The molecule has 0 bridgehead atoms. The lowest BCUT2D eigenvalue weighted by atomic mass is 9.86. The number of carbonyl (C=O) groups excluding carboxylic acids is 1. The van der Waals surface area contributed by atoms with Crippen LogP contribution >= 0.6 is 0 Å². The van der Waals surface area contributed by atoms with Gasteiger partial charge in [-0.05, 0) is 60.6 Å². The van der Waals surface area contributed by atoms with E-state index in [1.807, 2.05) is 13.0 Å². The highest BCUT2D eigenvalue weighted by molar-refractivity contribution is 5.93. The van der Waals surface area contributed by atoms with Gasteiger partial charge in [-0.1, -0.05) is 57.2 Å². The molecule has 0 atom stereocenters. The lowest BCUT2D eigenvalue weighted by Crippen LogP contribution is -2.38. The Morgan fingerprint density at radius 1 is 1.03 bits per heavy atom. The van der Waals surface area contributed by atoms with Crippen molar-refractivity contribution in [1.82, 2.24) is 15.1 Å². The summed E-state index contributed by atoms with van der Waals surface area (Å²) in [5, 5.41) is 16.8. The fourth-order valence-corrected chi connectivity index (χ4v) is 3.78. The van der Waals surface area contributed by atoms with Gasteiger partial charge in [0.05, 0.1) is 18.8 Å². The number of ether oxygens (including phenoxy) is 2. The topological polar surface area (TPSA) is 103 Å². The van der Waals surface area contributed by atoms with Gasteiger partial charge in [0, 0.05) is 13.7 Å². The molecule has 0 unspecified atom stereocenters. The number of hydrogen-bond donors (Lipinski definition) is 2. The molecular formula is C29H37N3O5. The third-order valence-electron chi connectivity index (χ3n) is 6.14. The van der Waals surface area contributed by atoms with Crippen LogP contribution in [0, 0.1) is 6.92 Å². The number of amides is 1. The van der Waals surface area contributed by atoms with Crippen molar-refractivity contribution in [2.75, 3.05) is 13.7 Å². The molecule has 198 valence electrons. The highest BCUT2D eigenvalue weighted by Gasteiger charge is 2.30. The van der Waals surface area contributed by atoms with Crippen LogP contribution in [-0.2, 0) is 28.0 Å². The normalized spacial score (nSPS) is 11.9. The van der Waals surface area contributed by atoms with Crippen molar-refractivity contribution in [2.24, 2.45) is 0 Å². The first kappa shape index (κ1) is 27.9. The molecule has 0 spiro atoms. The lowest BCUT2D eigenvalue weighted by Gasteiger charge is -2.23. The minimum Gasteiger partial charge on any atom is -0.478 e. The summed E-state index contributed by atoms with van der Waals surface area (Å²) in [6.45, 7) is 12.7. The molecule has 37 heavy (non-hydrogen) atoms. The number of nitrogens with zero attached hydrogens (tertiary/aromatic N) is 2. The van der Waals surface area contributed by atoms with E-state index in [1.54, 1.807) is 30.0 Å². The Balaban J connectivity index is 1.75. The molecule has 1 amide bonds. The van der Waals surface area contributed by atoms with E-state index < -0.39 is 11.6 Å². The summed E-state index contributed by atoms with van der Waals surface area (Å²) in [7, 11) is 1.63. The second-order valence-electron chi connectivity index (χ2n) is 10.7. The van der Waals surface area contributed by atoms with Crippen LogP contribution in [0.3, 0.4) is 0 Å². The smallest absolute Gasteiger partial charge is 0.347 e. The zero-order valence-electron chi connectivity index (χ0n) is 22.7. The Bertz CT molecular complexity index is 1250. The molecule has 0 saturated carbocycles. The summed E-state index contributed by atoms with van der Waals surface area (Å²) in [6, 6.07) is 15.5. The Hall–Kier alpha value is -3.65. The zero-order chi connectivity index (χ0) is 27.4. The fourth-order valence-electron chi connectivity index (χ4n) is 3.78. The number of carboxylic acid groups (broad SMARTS) is 1. The van der Waals surface area contributed by atoms with Crippen molar-refractivity contribution in [1.29, 1.82) is 0 Å². The van der Waals surface area contributed by atoms with Crippen molar-refractivity contribution < 1.29 is 24.2 Å². The molecule has 0 aliphatic carbocycles. The van der Waals surface area contributed by atoms with E-state index in [1.165, 1.54) is 19.4 Å². The maximum atomic E-state index is 13.0. The maximum absolute atomic E-state index is 13.0. The summed E-state index contributed by atoms with van der Waals surface area (Å²) < 4.78 is 12.7. The van der Waals surface area contributed by atoms with Crippen molar-refractivity contribution >= 4 is 11.9 Å². The van der Waals surface area contributed by atoms with Crippen LogP contribution in [0.1, 0.15) is 61.8 Å². The van der Waals surface area contributed by atoms with Crippen LogP contribution < -0.4 is 10.1 Å². The molecule has 3 rings (SSSR count). The van der Waals surface area contributed by atoms with E-state index in [9.17, 15) is 14.7 Å². The van der Waals surface area contributed by atoms with Crippen molar-refractivity contribution in [3.05, 3.63) is 70.9 Å². The fraction of sp³-hybridized carbons (Fsp3) is 0.414. The molecule has 8 heteroatoms. The monoisotopic (exact) mass is 507 g/mol. The molecule has 0 saturated heterocycles. The van der Waals surface area contributed by atoms with Gasteiger partial charge in [0.1, 0.15) is 5.75 Å². The van der Waals surface area contributed by atoms with E-state index >= 15 is 0 Å². The second-order valence-corrected chi connectivity index (χ2v) is 10.7. The van der Waals surface area contributed by atoms with Crippen LogP contribution in [0.15, 0.2) is 48.5 Å². The summed E-state index contributed by atoms with van der Waals surface area (Å²) in [4.78, 5) is 24.3. The zero-order valence-corrected chi connectivity index (χ0v) is 22.7. The van der Waals surface area contributed by atoms with Gasteiger partial charge in [-0.25, -0.2) is 4.79 Å². The Labute approximate surface area is 218 Å². The molecule has 8 nitrogen and oxygen atoms in total. The van der Waals surface area contributed by atoms with Gasteiger partial charge in [0.15, 0.2) is 11.3 Å². The number of hydrogen-bond acceptors (Lipinski definition) is 5. The first-order valence-corrected chi connectivity index (χ1v) is 12.3. The third kappa shape index (κ3) is 6.98. The minimum atomic E-state index is -1.34. The second kappa shape index (κ2) is 11.2. The summed E-state index contributed by atoms with van der Waals surface area (Å²) in [5.74, 6) is -0.840. The van der Waals surface area contributed by atoms with Crippen LogP contribution in [0.4, 0.5) is 0 Å². The molecule has 0 fully saturated rings. The van der Waals surface area contributed by atoms with Gasteiger partial charge in [0.2, 0.25) is 0 Å². The summed E-state index contributed by atoms with van der Waals surface area (Å²) in [5.41, 5.74) is 3.74. The molecule has 2 N–H and O–H groups in total. The average molecular weight is 508 g/mol. The number of rotatable bonds is 10. The number of carbonyl (C=O) groups is 2. The molecule has 0 aliphatic rings. The van der Waals surface area contributed by atoms with Crippen LogP contribution in [0.2, 0.25) is 0 Å². The van der Waals surface area contributed by atoms with E-state index in [0.29, 0.717) is 31.1 Å². The lowest BCUT2D eigenvalue weighted by molar-refractivity contribution is -0.152. The van der Waals surface area contributed by atoms with Gasteiger partial charge < -0.3 is 19.9 Å². The van der Waals surface area contributed by atoms with Crippen molar-refractivity contribution in [3.63, 3.8) is 0 Å². The predicted octanol–water partition coefficient (Wildman–Crippen LogP) is 4.97. The number of aryl methyl sites for hydroxylation is 1. The standard InChI is InChI=1S/C29H37N3O5/c1-19-16-20(8-13-25(19)37-29(5,6)27(34)35)18-30-26(33)23-17-24(32(31-23)14-15-36-7)21-9-11-22(12-10-21)28(2,3)4/h8-13,16-17H,14-15,18H2,1-7H3,(H,30,33)(H,34,35). The molecule has 1 aromatic heterocycles. The van der Waals surface area contributed by atoms with E-state index in [2.05, 4.69) is 55.5 Å². The highest BCUT2D eigenvalue weighted by atomic mass is 16.5. The molecule has 1 heterocycles. The van der Waals surface area contributed by atoms with E-state index in [0.717, 1.165) is 22.4 Å². The predicted molar refractivity (Wildman–Crippen MR) is 143 cm³/mol. The highest BCUT2D eigenvalue weighted by Crippen LogP contribution is 2.27. The van der Waals surface area contributed by atoms with Crippen molar-refractivity contribution in [2.45, 2.75) is 65.6 Å². The summed E-state index contributed by atoms with van der Waals surface area (Å²) in [6.07, 6.45) is 0. The number of nitrogens with one attached hydrogen (secondary N) is 1. The minimum absolute atomic E-state index is 0.0506. The van der Waals surface area contributed by atoms with Crippen molar-refractivity contribution in [3.8, 4) is 17.0 Å². The Morgan fingerprint density at radius 2 is 1.70 bits per heavy atom. The number of aromatic nitrogens is 2. The largest absolute Gasteiger partial charge is 0.478 e. The summed E-state index contributed by atoms with van der Waals surface area (Å²) >= 11 is 0. The van der Waals surface area contributed by atoms with E-state index in [4.69, 9.17) is 9.47 Å². The van der Waals surface area contributed by atoms with Gasteiger partial charge >= 0.3 is 5.97 Å². The maximum Gasteiger partial charge on any atom is 0.347 e. The van der Waals surface area contributed by atoms with Crippen LogP contribution in [-0.4, -0.2) is 46.1 Å². The molecule has 2 aromatic carbocycles. The number of benzene rings is 2.